The summed E-state index contributed by atoms with van der Waals surface area (Å²) >= 11 is 1.50. The SMILES string of the molecule is CSC1=N[C@H](c2ccc(F)cc2)C(c2ccnc(N[C@H](C)c3ccccc3)c2)=N1. The number of anilines is 1. The van der Waals surface area contributed by atoms with Crippen molar-refractivity contribution in [3.05, 3.63) is 95.4 Å². The highest BCUT2D eigenvalue weighted by Gasteiger charge is 2.26. The third kappa shape index (κ3) is 4.38. The summed E-state index contributed by atoms with van der Waals surface area (Å²) in [4.78, 5) is 13.9. The summed E-state index contributed by atoms with van der Waals surface area (Å²) in [5, 5.41) is 4.17. The van der Waals surface area contributed by atoms with Gasteiger partial charge in [0.25, 0.3) is 0 Å². The van der Waals surface area contributed by atoms with Gasteiger partial charge in [-0.1, -0.05) is 54.2 Å². The van der Waals surface area contributed by atoms with Gasteiger partial charge >= 0.3 is 0 Å². The minimum Gasteiger partial charge on any atom is -0.364 e. The number of halogens is 1. The van der Waals surface area contributed by atoms with Gasteiger partial charge in [0.2, 0.25) is 0 Å². The second kappa shape index (κ2) is 8.57. The fraction of sp³-hybridized carbons (Fsp3) is 0.174. The second-order valence-electron chi connectivity index (χ2n) is 6.77. The highest BCUT2D eigenvalue weighted by Crippen LogP contribution is 2.31. The molecule has 4 rings (SSSR count). The number of benzene rings is 2. The predicted octanol–water partition coefficient (Wildman–Crippen LogP) is 5.66. The van der Waals surface area contributed by atoms with Crippen LogP contribution >= 0.6 is 11.8 Å². The molecule has 2 atom stereocenters. The molecular weight excluding hydrogens is 383 g/mol. The monoisotopic (exact) mass is 404 g/mol. The molecule has 1 aliphatic rings. The van der Waals surface area contributed by atoms with Crippen molar-refractivity contribution < 1.29 is 4.39 Å². The van der Waals surface area contributed by atoms with Crippen LogP contribution in [0.3, 0.4) is 0 Å². The zero-order valence-corrected chi connectivity index (χ0v) is 17.0. The lowest BCUT2D eigenvalue weighted by molar-refractivity contribution is 0.627. The van der Waals surface area contributed by atoms with Crippen molar-refractivity contribution in [2.24, 2.45) is 9.98 Å². The first-order valence-corrected chi connectivity index (χ1v) is 10.6. The van der Waals surface area contributed by atoms with E-state index in [0.29, 0.717) is 0 Å². The smallest absolute Gasteiger partial charge is 0.183 e. The van der Waals surface area contributed by atoms with Crippen molar-refractivity contribution >= 4 is 28.5 Å². The average Bonchev–Trinajstić information content (AvgIpc) is 3.20. The van der Waals surface area contributed by atoms with Gasteiger partial charge in [-0.25, -0.2) is 19.4 Å². The molecule has 3 aromatic rings. The van der Waals surface area contributed by atoms with Gasteiger partial charge in [0, 0.05) is 17.8 Å². The molecule has 2 heterocycles. The third-order valence-corrected chi connectivity index (χ3v) is 5.36. The zero-order valence-electron chi connectivity index (χ0n) is 16.2. The van der Waals surface area contributed by atoms with E-state index < -0.39 is 0 Å². The highest BCUT2D eigenvalue weighted by molar-refractivity contribution is 8.13. The molecule has 0 fully saturated rings. The first kappa shape index (κ1) is 19.3. The quantitative estimate of drug-likeness (QED) is 0.597. The van der Waals surface area contributed by atoms with Gasteiger partial charge in [0.1, 0.15) is 17.7 Å². The van der Waals surface area contributed by atoms with Gasteiger partial charge in [-0.05, 0) is 48.6 Å². The van der Waals surface area contributed by atoms with Gasteiger partial charge in [0.05, 0.1) is 5.71 Å². The predicted molar refractivity (Wildman–Crippen MR) is 119 cm³/mol. The summed E-state index contributed by atoms with van der Waals surface area (Å²) in [6.07, 6.45) is 3.73. The standard InChI is InChI=1S/C23H21FN4S/c1-15(16-6-4-3-5-7-16)26-20-14-18(12-13-25-20)22-21(27-23(28-22)29-2)17-8-10-19(24)11-9-17/h3-15,21H,1-2H3,(H,25,26)/t15-,21-/m1/s1. The summed E-state index contributed by atoms with van der Waals surface area (Å²) in [5.74, 6) is 0.515. The molecule has 1 aromatic heterocycles. The van der Waals surface area contributed by atoms with Crippen molar-refractivity contribution in [1.82, 2.24) is 4.98 Å². The van der Waals surface area contributed by atoms with Crippen molar-refractivity contribution in [1.29, 1.82) is 0 Å². The fourth-order valence-corrected chi connectivity index (χ4v) is 3.68. The highest BCUT2D eigenvalue weighted by atomic mass is 32.2. The van der Waals surface area contributed by atoms with Crippen molar-refractivity contribution in [2.45, 2.75) is 19.0 Å². The summed E-state index contributed by atoms with van der Waals surface area (Å²) in [7, 11) is 0. The fourth-order valence-electron chi connectivity index (χ4n) is 3.28. The number of hydrogen-bond donors (Lipinski definition) is 1. The number of hydrogen-bond acceptors (Lipinski definition) is 5. The average molecular weight is 405 g/mol. The van der Waals surface area contributed by atoms with Crippen LogP contribution in [-0.4, -0.2) is 22.1 Å². The lowest BCUT2D eigenvalue weighted by Gasteiger charge is -2.16. The number of nitrogens with one attached hydrogen (secondary N) is 1. The first-order chi connectivity index (χ1) is 14.1. The van der Waals surface area contributed by atoms with Gasteiger partial charge in [0.15, 0.2) is 5.17 Å². The molecule has 0 bridgehead atoms. The van der Waals surface area contributed by atoms with Gasteiger partial charge in [-0.15, -0.1) is 0 Å². The lowest BCUT2D eigenvalue weighted by atomic mass is 9.98. The Bertz CT molecular complexity index is 1050. The maximum atomic E-state index is 13.4. The van der Waals surface area contributed by atoms with Crippen LogP contribution in [0.2, 0.25) is 0 Å². The van der Waals surface area contributed by atoms with E-state index in [1.807, 2.05) is 36.6 Å². The third-order valence-electron chi connectivity index (χ3n) is 4.80. The molecule has 0 saturated carbocycles. The summed E-state index contributed by atoms with van der Waals surface area (Å²) in [5.41, 5.74) is 3.90. The minimum absolute atomic E-state index is 0.121. The van der Waals surface area contributed by atoms with Crippen LogP contribution in [0.1, 0.15) is 35.7 Å². The Morgan fingerprint density at radius 3 is 2.52 bits per heavy atom. The number of rotatable bonds is 5. The zero-order chi connectivity index (χ0) is 20.2. The van der Waals surface area contributed by atoms with Gasteiger partial charge < -0.3 is 5.32 Å². The van der Waals surface area contributed by atoms with Crippen molar-refractivity contribution in [3.63, 3.8) is 0 Å². The van der Waals surface area contributed by atoms with Crippen LogP contribution in [0.4, 0.5) is 10.2 Å². The minimum atomic E-state index is -0.260. The Kier molecular flexibility index (Phi) is 5.71. The Labute approximate surface area is 174 Å². The first-order valence-electron chi connectivity index (χ1n) is 9.38. The molecule has 29 heavy (non-hydrogen) atoms. The molecule has 4 nitrogen and oxygen atoms in total. The normalized spacial score (nSPS) is 16.9. The van der Waals surface area contributed by atoms with E-state index >= 15 is 0 Å². The Morgan fingerprint density at radius 2 is 1.79 bits per heavy atom. The maximum Gasteiger partial charge on any atom is 0.183 e. The summed E-state index contributed by atoms with van der Waals surface area (Å²) < 4.78 is 13.4. The van der Waals surface area contributed by atoms with Gasteiger partial charge in [-0.3, -0.25) is 0 Å². The van der Waals surface area contributed by atoms with Crippen LogP contribution in [0, 0.1) is 5.82 Å². The molecule has 0 unspecified atom stereocenters. The van der Waals surface area contributed by atoms with Crippen molar-refractivity contribution in [3.8, 4) is 0 Å². The maximum absolute atomic E-state index is 13.4. The van der Waals surface area contributed by atoms with E-state index in [1.54, 1.807) is 18.3 Å². The molecular formula is C23H21FN4S. The molecule has 0 spiro atoms. The molecule has 146 valence electrons. The molecule has 1 N–H and O–H groups in total. The van der Waals surface area contributed by atoms with Gasteiger partial charge in [-0.2, -0.15) is 0 Å². The molecule has 0 aliphatic carbocycles. The Balaban J connectivity index is 1.61. The molecule has 1 aliphatic heterocycles. The summed E-state index contributed by atoms with van der Waals surface area (Å²) in [6, 6.07) is 20.5. The second-order valence-corrected chi connectivity index (χ2v) is 7.55. The summed E-state index contributed by atoms with van der Waals surface area (Å²) in [6.45, 7) is 2.10. The van der Waals surface area contributed by atoms with E-state index in [9.17, 15) is 4.39 Å². The molecule has 0 amide bonds. The van der Waals surface area contributed by atoms with E-state index in [-0.39, 0.29) is 17.9 Å². The largest absolute Gasteiger partial charge is 0.364 e. The Morgan fingerprint density at radius 1 is 1.03 bits per heavy atom. The topological polar surface area (TPSA) is 49.6 Å². The van der Waals surface area contributed by atoms with Crippen molar-refractivity contribution in [2.75, 3.05) is 11.6 Å². The van der Waals surface area contributed by atoms with Crippen LogP contribution in [0.5, 0.6) is 0 Å². The number of aliphatic imine (C=N–C) groups is 2. The molecule has 0 saturated heterocycles. The molecule has 2 aromatic carbocycles. The number of nitrogens with zero attached hydrogens (tertiary/aromatic N) is 3. The number of thioether (sulfide) groups is 1. The van der Waals surface area contributed by atoms with Crippen LogP contribution in [-0.2, 0) is 0 Å². The Hall–Kier alpha value is -2.99. The van der Waals surface area contributed by atoms with Crippen LogP contribution in [0.15, 0.2) is 82.9 Å². The van der Waals surface area contributed by atoms with E-state index in [0.717, 1.165) is 27.8 Å². The number of pyridine rings is 1. The number of aromatic nitrogens is 1. The van der Waals surface area contributed by atoms with E-state index in [4.69, 9.17) is 9.98 Å². The molecule has 6 heteroatoms. The lowest BCUT2D eigenvalue weighted by Crippen LogP contribution is -2.12. The van der Waals surface area contributed by atoms with E-state index in [2.05, 4.69) is 29.4 Å². The van der Waals surface area contributed by atoms with Crippen LogP contribution in [0.25, 0.3) is 0 Å². The molecule has 0 radical (unpaired) electrons. The van der Waals surface area contributed by atoms with E-state index in [1.165, 1.54) is 29.5 Å². The number of amidine groups is 1. The van der Waals surface area contributed by atoms with Crippen LogP contribution < -0.4 is 5.32 Å².